The summed E-state index contributed by atoms with van der Waals surface area (Å²) in [5.74, 6) is 1.54. The first-order valence-corrected chi connectivity index (χ1v) is 5.42. The lowest BCUT2D eigenvalue weighted by Crippen LogP contribution is -2.24. The number of hydrogen-bond donors (Lipinski definition) is 1. The topological polar surface area (TPSA) is 46.9 Å². The fourth-order valence-electron chi connectivity index (χ4n) is 1.52. The van der Waals surface area contributed by atoms with Gasteiger partial charge in [-0.25, -0.2) is 4.98 Å². The Hall–Kier alpha value is -1.32. The van der Waals surface area contributed by atoms with Crippen LogP contribution in [0.15, 0.2) is 12.4 Å². The summed E-state index contributed by atoms with van der Waals surface area (Å²) < 4.78 is 2.04. The average Bonchev–Trinajstić information content (AvgIpc) is 2.63. The van der Waals surface area contributed by atoms with Gasteiger partial charge >= 0.3 is 0 Å². The Balaban J connectivity index is 2.50. The molecule has 0 atom stereocenters. The van der Waals surface area contributed by atoms with Gasteiger partial charge in [0.1, 0.15) is 5.82 Å². The molecule has 84 valence electrons. The van der Waals surface area contributed by atoms with E-state index in [1.54, 1.807) is 6.20 Å². The van der Waals surface area contributed by atoms with Gasteiger partial charge in [-0.15, -0.1) is 0 Å². The molecule has 1 amide bonds. The van der Waals surface area contributed by atoms with Gasteiger partial charge in [0.15, 0.2) is 0 Å². The number of hydrogen-bond acceptors (Lipinski definition) is 2. The normalized spacial score (nSPS) is 10.7. The lowest BCUT2D eigenvalue weighted by Gasteiger charge is -2.09. The van der Waals surface area contributed by atoms with Crippen LogP contribution in [0.3, 0.4) is 0 Å². The van der Waals surface area contributed by atoms with E-state index in [0.29, 0.717) is 25.4 Å². The van der Waals surface area contributed by atoms with E-state index >= 15 is 0 Å². The first kappa shape index (κ1) is 11.8. The molecule has 0 aromatic carbocycles. The number of aryl methyl sites for hydroxylation is 1. The predicted molar refractivity (Wildman–Crippen MR) is 59.6 cm³/mol. The molecule has 15 heavy (non-hydrogen) atoms. The average molecular weight is 209 g/mol. The molecule has 1 heterocycles. The summed E-state index contributed by atoms with van der Waals surface area (Å²) in [6.45, 7) is 7.53. The largest absolute Gasteiger partial charge is 0.356 e. The summed E-state index contributed by atoms with van der Waals surface area (Å²) in [6.07, 6.45) is 4.23. The molecule has 0 bridgehead atoms. The molecule has 1 aromatic heterocycles. The quantitative estimate of drug-likeness (QED) is 0.799. The Kier molecular flexibility index (Phi) is 4.34. The Morgan fingerprint density at radius 3 is 2.93 bits per heavy atom. The van der Waals surface area contributed by atoms with Crippen LogP contribution < -0.4 is 5.32 Å². The lowest BCUT2D eigenvalue weighted by molar-refractivity contribution is -0.121. The summed E-state index contributed by atoms with van der Waals surface area (Å²) in [4.78, 5) is 15.5. The molecule has 0 radical (unpaired) electrons. The SMILES string of the molecule is CCNC(=O)CCn1ccnc1C(C)C. The monoisotopic (exact) mass is 209 g/mol. The van der Waals surface area contributed by atoms with Gasteiger partial charge in [-0.1, -0.05) is 13.8 Å². The highest BCUT2D eigenvalue weighted by atomic mass is 16.1. The van der Waals surface area contributed by atoms with Crippen molar-refractivity contribution in [1.29, 1.82) is 0 Å². The van der Waals surface area contributed by atoms with Crippen LogP contribution in [0.1, 0.15) is 38.9 Å². The molecule has 1 rings (SSSR count). The molecule has 4 nitrogen and oxygen atoms in total. The van der Waals surface area contributed by atoms with E-state index in [1.807, 2.05) is 17.7 Å². The lowest BCUT2D eigenvalue weighted by atomic mass is 10.2. The zero-order valence-electron chi connectivity index (χ0n) is 9.66. The van der Waals surface area contributed by atoms with Crippen molar-refractivity contribution in [2.45, 2.75) is 39.7 Å². The molecule has 0 saturated carbocycles. The van der Waals surface area contributed by atoms with Crippen molar-refractivity contribution >= 4 is 5.91 Å². The molecule has 0 fully saturated rings. The minimum atomic E-state index is 0.0981. The van der Waals surface area contributed by atoms with Crippen LogP contribution in [-0.4, -0.2) is 22.0 Å². The highest BCUT2D eigenvalue weighted by molar-refractivity contribution is 5.75. The van der Waals surface area contributed by atoms with Gasteiger partial charge in [0, 0.05) is 37.8 Å². The van der Waals surface area contributed by atoms with Crippen molar-refractivity contribution in [2.24, 2.45) is 0 Å². The van der Waals surface area contributed by atoms with Crippen molar-refractivity contribution in [1.82, 2.24) is 14.9 Å². The van der Waals surface area contributed by atoms with E-state index in [1.165, 1.54) is 0 Å². The van der Waals surface area contributed by atoms with Gasteiger partial charge in [-0.2, -0.15) is 0 Å². The van der Waals surface area contributed by atoms with Crippen LogP contribution in [0.5, 0.6) is 0 Å². The number of amides is 1. The van der Waals surface area contributed by atoms with Crippen molar-refractivity contribution < 1.29 is 4.79 Å². The van der Waals surface area contributed by atoms with Crippen LogP contribution in [0.25, 0.3) is 0 Å². The van der Waals surface area contributed by atoms with Crippen LogP contribution >= 0.6 is 0 Å². The molecule has 1 N–H and O–H groups in total. The highest BCUT2D eigenvalue weighted by Gasteiger charge is 2.08. The van der Waals surface area contributed by atoms with Crippen LogP contribution in [-0.2, 0) is 11.3 Å². The second-order valence-electron chi connectivity index (χ2n) is 3.84. The minimum Gasteiger partial charge on any atom is -0.356 e. The number of carbonyl (C=O) groups excluding carboxylic acids is 1. The van der Waals surface area contributed by atoms with Crippen LogP contribution in [0.2, 0.25) is 0 Å². The molecule has 0 spiro atoms. The zero-order valence-corrected chi connectivity index (χ0v) is 9.66. The van der Waals surface area contributed by atoms with Gasteiger partial charge in [0.05, 0.1) is 0 Å². The second-order valence-corrected chi connectivity index (χ2v) is 3.84. The zero-order chi connectivity index (χ0) is 11.3. The van der Waals surface area contributed by atoms with Crippen molar-refractivity contribution in [3.63, 3.8) is 0 Å². The van der Waals surface area contributed by atoms with E-state index < -0.39 is 0 Å². The smallest absolute Gasteiger partial charge is 0.221 e. The molecule has 1 aromatic rings. The number of nitrogens with zero attached hydrogens (tertiary/aromatic N) is 2. The molecular weight excluding hydrogens is 190 g/mol. The van der Waals surface area contributed by atoms with Gasteiger partial charge in [-0.3, -0.25) is 4.79 Å². The minimum absolute atomic E-state index is 0.0981. The maximum absolute atomic E-state index is 11.3. The number of nitrogens with one attached hydrogen (secondary N) is 1. The van der Waals surface area contributed by atoms with E-state index in [9.17, 15) is 4.79 Å². The fraction of sp³-hybridized carbons (Fsp3) is 0.636. The molecule has 0 aliphatic heterocycles. The molecule has 0 saturated heterocycles. The van der Waals surface area contributed by atoms with Crippen LogP contribution in [0.4, 0.5) is 0 Å². The molecular formula is C11H19N3O. The Morgan fingerprint density at radius 2 is 2.33 bits per heavy atom. The van der Waals surface area contributed by atoms with Crippen molar-refractivity contribution in [3.05, 3.63) is 18.2 Å². The maximum Gasteiger partial charge on any atom is 0.221 e. The van der Waals surface area contributed by atoms with E-state index in [-0.39, 0.29) is 5.91 Å². The maximum atomic E-state index is 11.3. The Morgan fingerprint density at radius 1 is 1.60 bits per heavy atom. The van der Waals surface area contributed by atoms with Gasteiger partial charge in [0.25, 0.3) is 0 Å². The number of rotatable bonds is 5. The van der Waals surface area contributed by atoms with E-state index in [0.717, 1.165) is 5.82 Å². The van der Waals surface area contributed by atoms with Crippen molar-refractivity contribution in [2.75, 3.05) is 6.54 Å². The van der Waals surface area contributed by atoms with Gasteiger partial charge < -0.3 is 9.88 Å². The second kappa shape index (κ2) is 5.53. The Labute approximate surface area is 90.7 Å². The molecule has 0 aliphatic rings. The third kappa shape index (κ3) is 3.38. The van der Waals surface area contributed by atoms with E-state index in [4.69, 9.17) is 0 Å². The first-order valence-electron chi connectivity index (χ1n) is 5.42. The van der Waals surface area contributed by atoms with Crippen LogP contribution in [0, 0.1) is 0 Å². The number of carbonyl (C=O) groups is 1. The summed E-state index contributed by atoms with van der Waals surface area (Å²) in [5.41, 5.74) is 0. The Bertz CT molecular complexity index is 317. The van der Waals surface area contributed by atoms with Gasteiger partial charge in [0.2, 0.25) is 5.91 Å². The highest BCUT2D eigenvalue weighted by Crippen LogP contribution is 2.11. The third-order valence-electron chi connectivity index (χ3n) is 2.22. The van der Waals surface area contributed by atoms with Gasteiger partial charge in [-0.05, 0) is 6.92 Å². The fourth-order valence-corrected chi connectivity index (χ4v) is 1.52. The summed E-state index contributed by atoms with van der Waals surface area (Å²) >= 11 is 0. The standard InChI is InChI=1S/C11H19N3O/c1-4-12-10(15)5-7-14-8-6-13-11(14)9(2)3/h6,8-9H,4-5,7H2,1-3H3,(H,12,15). The summed E-state index contributed by atoms with van der Waals surface area (Å²) in [6, 6.07) is 0. The first-order chi connectivity index (χ1) is 7.15. The number of aromatic nitrogens is 2. The number of imidazole rings is 1. The third-order valence-corrected chi connectivity index (χ3v) is 2.22. The summed E-state index contributed by atoms with van der Waals surface area (Å²) in [7, 11) is 0. The predicted octanol–water partition coefficient (Wildman–Crippen LogP) is 1.53. The molecule has 0 unspecified atom stereocenters. The van der Waals surface area contributed by atoms with Crippen molar-refractivity contribution in [3.8, 4) is 0 Å². The molecule has 4 heteroatoms. The molecule has 0 aliphatic carbocycles. The summed E-state index contributed by atoms with van der Waals surface area (Å²) in [5, 5.41) is 2.78. The van der Waals surface area contributed by atoms with E-state index in [2.05, 4.69) is 24.1 Å².